The number of benzene rings is 1. The highest BCUT2D eigenvalue weighted by Gasteiger charge is 2.38. The Labute approximate surface area is 318 Å². The molecular weight excluding hydrogens is 629 g/mol. The van der Waals surface area contributed by atoms with Crippen LogP contribution in [0, 0.1) is 33.5 Å². The summed E-state index contributed by atoms with van der Waals surface area (Å²) in [6.45, 7) is 36.6. The highest BCUT2D eigenvalue weighted by Crippen LogP contribution is 2.48. The molecule has 1 aromatic rings. The zero-order valence-electron chi connectivity index (χ0n) is 36.7. The fourth-order valence-corrected chi connectivity index (χ4v) is 11.1. The van der Waals surface area contributed by atoms with E-state index in [2.05, 4.69) is 122 Å². The van der Waals surface area contributed by atoms with Gasteiger partial charge in [-0.25, -0.2) is 0 Å². The second kappa shape index (κ2) is 19.6. The number of aliphatic hydroxyl groups excluding tert-OH is 2. The molecule has 1 aromatic carbocycles. The summed E-state index contributed by atoms with van der Waals surface area (Å²) in [6.07, 6.45) is 19.3. The van der Waals surface area contributed by atoms with E-state index in [1.165, 1.54) is 29.5 Å². The molecule has 0 saturated heterocycles. The molecular formula is C47H88O4. The van der Waals surface area contributed by atoms with Crippen LogP contribution in [0.5, 0.6) is 0 Å². The average Bonchev–Trinajstić information content (AvgIpc) is 2.97. The molecule has 2 bridgehead atoms. The van der Waals surface area contributed by atoms with Crippen LogP contribution >= 0.6 is 0 Å². The second-order valence-electron chi connectivity index (χ2n) is 22.7. The van der Waals surface area contributed by atoms with E-state index in [-0.39, 0.29) is 51.1 Å². The third-order valence-corrected chi connectivity index (χ3v) is 12.3. The van der Waals surface area contributed by atoms with Crippen LogP contribution in [0.2, 0.25) is 0 Å². The third kappa shape index (κ3) is 17.4. The topological polar surface area (TPSA) is 80.9 Å². The molecule has 0 spiro atoms. The number of hydrogen-bond acceptors (Lipinski definition) is 4. The van der Waals surface area contributed by atoms with Crippen molar-refractivity contribution in [3.05, 3.63) is 34.9 Å². The van der Waals surface area contributed by atoms with Gasteiger partial charge in [0, 0.05) is 13.2 Å². The Morgan fingerprint density at radius 1 is 0.471 bits per heavy atom. The lowest BCUT2D eigenvalue weighted by molar-refractivity contribution is -0.176. The van der Waals surface area contributed by atoms with Gasteiger partial charge in [0.2, 0.25) is 0 Å². The van der Waals surface area contributed by atoms with Crippen molar-refractivity contribution in [2.45, 2.75) is 216 Å². The van der Waals surface area contributed by atoms with Crippen LogP contribution in [-0.4, -0.2) is 33.9 Å². The van der Waals surface area contributed by atoms with Gasteiger partial charge in [-0.3, -0.25) is 10.5 Å². The van der Waals surface area contributed by atoms with Gasteiger partial charge in [0.05, 0.1) is 0 Å². The molecule has 0 aliphatic heterocycles. The van der Waals surface area contributed by atoms with E-state index < -0.39 is 0 Å². The number of fused-ring (bicyclic) bond motifs is 2. The Balaban J connectivity index is 0.000000993. The second-order valence-corrected chi connectivity index (χ2v) is 22.7. The fraction of sp³-hybridized carbons (Fsp3) is 0.872. The summed E-state index contributed by atoms with van der Waals surface area (Å²) in [7, 11) is 0. The summed E-state index contributed by atoms with van der Waals surface area (Å²) in [5, 5.41) is 30.8. The molecule has 2 aliphatic carbocycles. The van der Waals surface area contributed by atoms with Gasteiger partial charge in [0.15, 0.2) is 0 Å². The molecule has 0 aromatic heterocycles. The molecule has 51 heavy (non-hydrogen) atoms. The van der Waals surface area contributed by atoms with Crippen molar-refractivity contribution in [2.75, 3.05) is 13.2 Å². The normalized spacial score (nSPS) is 19.1. The summed E-state index contributed by atoms with van der Waals surface area (Å²) in [5.74, 6) is 2.30. The Morgan fingerprint density at radius 3 is 1.06 bits per heavy atom. The molecule has 0 radical (unpaired) electrons. The number of rotatable bonds is 16. The van der Waals surface area contributed by atoms with Crippen molar-refractivity contribution in [1.82, 2.24) is 0 Å². The lowest BCUT2D eigenvalue weighted by atomic mass is 9.62. The lowest BCUT2D eigenvalue weighted by Crippen LogP contribution is -2.33. The van der Waals surface area contributed by atoms with Crippen molar-refractivity contribution in [2.24, 2.45) is 33.5 Å². The SMILES string of the molecule is C1CC2CCCC(C1)C2.CC(C)(CCCO)CC(C)(C)CC(C)(C)c1cc(C(C)(C)C)cc(C(C)(C)CC(C)(C)CC(C)(C)CCCO)c1.OO. The highest BCUT2D eigenvalue weighted by molar-refractivity contribution is 5.41. The first kappa shape index (κ1) is 48.1. The molecule has 0 heterocycles. The minimum absolute atomic E-state index is 0.0461. The van der Waals surface area contributed by atoms with Gasteiger partial charge >= 0.3 is 0 Å². The minimum atomic E-state index is 0.0461. The van der Waals surface area contributed by atoms with E-state index in [1.807, 2.05) is 0 Å². The summed E-state index contributed by atoms with van der Waals surface area (Å²) in [6, 6.07) is 7.53. The van der Waals surface area contributed by atoms with Crippen LogP contribution in [0.15, 0.2) is 18.2 Å². The monoisotopic (exact) mass is 717 g/mol. The van der Waals surface area contributed by atoms with Crippen LogP contribution in [0.1, 0.15) is 217 Å². The Bertz CT molecular complexity index is 1050. The first-order valence-electron chi connectivity index (χ1n) is 20.8. The standard InChI is InChI=1S/C38H70O2.C9H16.H2O2/c1-32(2,3)29-22-30(37(12,13)27-35(8,9)25-33(4,5)18-16-20-39)24-31(23-29)38(14,15)28-36(10,11)26-34(6,7)19-17-21-40;1-3-8-5-2-6-9(4-1)7-8;1-2/h22-24,39-40H,16-21,25-28H2,1-15H3;8-9H,1-7H2;1-2H. The minimum Gasteiger partial charge on any atom is -0.396 e. The highest BCUT2D eigenvalue weighted by atomic mass is 17.0. The van der Waals surface area contributed by atoms with Gasteiger partial charge in [0.25, 0.3) is 0 Å². The Kier molecular flexibility index (Phi) is 18.5. The van der Waals surface area contributed by atoms with E-state index >= 15 is 0 Å². The maximum Gasteiger partial charge on any atom is 0.0431 e. The zero-order chi connectivity index (χ0) is 39.5. The number of hydrogen-bond donors (Lipinski definition) is 4. The molecule has 3 rings (SSSR count). The van der Waals surface area contributed by atoms with Gasteiger partial charge in [-0.1, -0.05) is 161 Å². The summed E-state index contributed by atoms with van der Waals surface area (Å²) >= 11 is 0. The van der Waals surface area contributed by atoms with Gasteiger partial charge in [-0.2, -0.15) is 0 Å². The fourth-order valence-electron chi connectivity index (χ4n) is 11.1. The van der Waals surface area contributed by atoms with Gasteiger partial charge in [-0.15, -0.1) is 0 Å². The Morgan fingerprint density at radius 2 is 0.784 bits per heavy atom. The van der Waals surface area contributed by atoms with Crippen LogP contribution in [0.4, 0.5) is 0 Å². The predicted octanol–water partition coefficient (Wildman–Crippen LogP) is 13.7. The summed E-state index contributed by atoms with van der Waals surface area (Å²) in [4.78, 5) is 0. The quantitative estimate of drug-likeness (QED) is 0.101. The van der Waals surface area contributed by atoms with Crippen molar-refractivity contribution in [3.63, 3.8) is 0 Å². The average molecular weight is 717 g/mol. The van der Waals surface area contributed by atoms with Crippen molar-refractivity contribution in [1.29, 1.82) is 0 Å². The molecule has 4 nitrogen and oxygen atoms in total. The maximum absolute atomic E-state index is 9.40. The lowest BCUT2D eigenvalue weighted by Gasteiger charge is -2.42. The zero-order valence-corrected chi connectivity index (χ0v) is 36.7. The molecule has 4 heteroatoms. The molecule has 0 unspecified atom stereocenters. The molecule has 2 saturated carbocycles. The maximum atomic E-state index is 9.40. The summed E-state index contributed by atoms with van der Waals surface area (Å²) in [5.41, 5.74) is 5.36. The van der Waals surface area contributed by atoms with Gasteiger partial charge in [0.1, 0.15) is 0 Å². The first-order valence-corrected chi connectivity index (χ1v) is 20.8. The molecule has 2 aliphatic rings. The van der Waals surface area contributed by atoms with Gasteiger partial charge in [-0.05, 0) is 124 Å². The van der Waals surface area contributed by atoms with Crippen LogP contribution in [0.3, 0.4) is 0 Å². The van der Waals surface area contributed by atoms with E-state index in [0.717, 1.165) is 63.2 Å². The van der Waals surface area contributed by atoms with Crippen molar-refractivity contribution >= 4 is 0 Å². The number of aliphatic hydroxyl groups is 2. The third-order valence-electron chi connectivity index (χ3n) is 12.3. The van der Waals surface area contributed by atoms with Crippen LogP contribution in [0.25, 0.3) is 0 Å². The molecule has 0 atom stereocenters. The van der Waals surface area contributed by atoms with Crippen LogP contribution in [-0.2, 0) is 16.2 Å². The largest absolute Gasteiger partial charge is 0.396 e. The molecule has 4 N–H and O–H groups in total. The Hall–Kier alpha value is -0.940. The van der Waals surface area contributed by atoms with E-state index in [0.29, 0.717) is 0 Å². The van der Waals surface area contributed by atoms with Crippen molar-refractivity contribution < 1.29 is 20.7 Å². The van der Waals surface area contributed by atoms with E-state index in [4.69, 9.17) is 10.5 Å². The molecule has 2 fully saturated rings. The summed E-state index contributed by atoms with van der Waals surface area (Å²) < 4.78 is 0. The molecule has 300 valence electrons. The van der Waals surface area contributed by atoms with E-state index in [9.17, 15) is 10.2 Å². The first-order chi connectivity index (χ1) is 23.2. The van der Waals surface area contributed by atoms with Crippen LogP contribution < -0.4 is 0 Å². The van der Waals surface area contributed by atoms with Gasteiger partial charge < -0.3 is 10.2 Å². The molecule has 0 amide bonds. The smallest absolute Gasteiger partial charge is 0.0431 e. The predicted molar refractivity (Wildman–Crippen MR) is 222 cm³/mol. The van der Waals surface area contributed by atoms with E-state index in [1.54, 1.807) is 32.1 Å². The van der Waals surface area contributed by atoms with Crippen molar-refractivity contribution in [3.8, 4) is 0 Å².